The van der Waals surface area contributed by atoms with Gasteiger partial charge in [-0.1, -0.05) is 23.7 Å². The third kappa shape index (κ3) is 3.20. The molecule has 4 N–H and O–H groups in total. The van der Waals surface area contributed by atoms with Crippen LogP contribution in [-0.4, -0.2) is 36.9 Å². The Labute approximate surface area is 118 Å². The van der Waals surface area contributed by atoms with Crippen molar-refractivity contribution < 1.29 is 13.6 Å². The van der Waals surface area contributed by atoms with Crippen LogP contribution in [0.1, 0.15) is 24.8 Å². The number of amidine groups is 1. The first kappa shape index (κ1) is 14.6. The Balaban J connectivity index is 2.25. The molecule has 1 aromatic carbocycles. The summed E-state index contributed by atoms with van der Waals surface area (Å²) in [7, 11) is -3.61. The minimum Gasteiger partial charge on any atom is -0.409 e. The molecule has 110 valence electrons. The molecule has 1 aliphatic heterocycles. The predicted molar refractivity (Wildman–Crippen MR) is 76.9 cm³/mol. The summed E-state index contributed by atoms with van der Waals surface area (Å²) in [6.07, 6.45) is 2.78. The Morgan fingerprint density at radius 1 is 1.25 bits per heavy atom. The van der Waals surface area contributed by atoms with Crippen LogP contribution >= 0.6 is 0 Å². The van der Waals surface area contributed by atoms with Crippen LogP contribution in [0.5, 0.6) is 0 Å². The maximum atomic E-state index is 12.3. The quantitative estimate of drug-likeness (QED) is 0.332. The van der Waals surface area contributed by atoms with Crippen molar-refractivity contribution in [3.63, 3.8) is 0 Å². The van der Waals surface area contributed by atoms with Gasteiger partial charge in [0.2, 0.25) is 0 Å². The van der Waals surface area contributed by atoms with Crippen LogP contribution in [0, 0.1) is 0 Å². The average Bonchev–Trinajstić information content (AvgIpc) is 2.47. The summed E-state index contributed by atoms with van der Waals surface area (Å²) < 4.78 is 28.5. The molecule has 1 fully saturated rings. The van der Waals surface area contributed by atoms with E-state index in [0.29, 0.717) is 24.3 Å². The monoisotopic (exact) mass is 298 g/mol. The second-order valence-corrected chi connectivity index (χ2v) is 6.27. The van der Waals surface area contributed by atoms with E-state index >= 15 is 0 Å². The summed E-state index contributed by atoms with van der Waals surface area (Å²) in [6, 6.07) is 6.53. The summed E-state index contributed by atoms with van der Waals surface area (Å²) in [6.45, 7) is 1.03. The molecule has 0 atom stereocenters. The summed E-state index contributed by atoms with van der Waals surface area (Å²) in [4.78, 5) is 0. The molecule has 1 aromatic rings. The van der Waals surface area contributed by atoms with E-state index in [1.165, 1.54) is 4.31 Å². The Kier molecular flexibility index (Phi) is 4.46. The van der Waals surface area contributed by atoms with E-state index in [9.17, 15) is 8.42 Å². The normalized spacial score (nSPS) is 17.9. The summed E-state index contributed by atoms with van der Waals surface area (Å²) in [5.74, 6) is -0.137. The van der Waals surface area contributed by atoms with Crippen LogP contribution in [0.15, 0.2) is 29.4 Å². The van der Waals surface area contributed by atoms with Gasteiger partial charge in [-0.25, -0.2) is 0 Å². The second kappa shape index (κ2) is 6.10. The minimum atomic E-state index is -3.61. The number of benzene rings is 1. The van der Waals surface area contributed by atoms with Gasteiger partial charge in [0.05, 0.1) is 5.69 Å². The van der Waals surface area contributed by atoms with Gasteiger partial charge in [-0.15, -0.1) is 0 Å². The van der Waals surface area contributed by atoms with Crippen LogP contribution in [0.3, 0.4) is 0 Å². The van der Waals surface area contributed by atoms with Crippen molar-refractivity contribution in [3.05, 3.63) is 29.8 Å². The van der Waals surface area contributed by atoms with Crippen LogP contribution in [0.4, 0.5) is 5.69 Å². The lowest BCUT2D eigenvalue weighted by molar-refractivity contribution is 0.318. The molecule has 0 aromatic heterocycles. The molecular weight excluding hydrogens is 280 g/mol. The number of rotatable bonds is 4. The standard InChI is InChI=1S/C12H18N4O3S/c13-12(14-17)10-6-2-3-7-11(10)15-20(18,19)16-8-4-1-5-9-16/h2-3,6-7,15,17H,1,4-5,8-9H2,(H2,13,14). The zero-order valence-electron chi connectivity index (χ0n) is 11.0. The highest BCUT2D eigenvalue weighted by molar-refractivity contribution is 7.90. The van der Waals surface area contributed by atoms with Crippen molar-refractivity contribution in [1.82, 2.24) is 4.31 Å². The number of nitrogens with two attached hydrogens (primary N) is 1. The lowest BCUT2D eigenvalue weighted by Crippen LogP contribution is -2.39. The van der Waals surface area contributed by atoms with E-state index in [1.807, 2.05) is 0 Å². The maximum absolute atomic E-state index is 12.3. The number of nitrogens with one attached hydrogen (secondary N) is 1. The fourth-order valence-electron chi connectivity index (χ4n) is 2.16. The van der Waals surface area contributed by atoms with Gasteiger partial charge in [-0.2, -0.15) is 12.7 Å². The molecule has 1 saturated heterocycles. The van der Waals surface area contributed by atoms with Crippen molar-refractivity contribution in [2.24, 2.45) is 10.9 Å². The van der Waals surface area contributed by atoms with E-state index in [0.717, 1.165) is 19.3 Å². The number of nitrogens with zero attached hydrogens (tertiary/aromatic N) is 2. The van der Waals surface area contributed by atoms with Crippen LogP contribution < -0.4 is 10.5 Å². The van der Waals surface area contributed by atoms with Crippen molar-refractivity contribution >= 4 is 21.7 Å². The molecule has 0 spiro atoms. The van der Waals surface area contributed by atoms with Gasteiger partial charge < -0.3 is 10.9 Å². The smallest absolute Gasteiger partial charge is 0.301 e. The van der Waals surface area contributed by atoms with Crippen molar-refractivity contribution in [2.45, 2.75) is 19.3 Å². The summed E-state index contributed by atoms with van der Waals surface area (Å²) in [5, 5.41) is 11.6. The van der Waals surface area contributed by atoms with E-state index in [2.05, 4.69) is 9.88 Å². The fourth-order valence-corrected chi connectivity index (χ4v) is 3.48. The van der Waals surface area contributed by atoms with Crippen LogP contribution in [-0.2, 0) is 10.2 Å². The molecule has 8 heteroatoms. The van der Waals surface area contributed by atoms with E-state index in [-0.39, 0.29) is 5.84 Å². The minimum absolute atomic E-state index is 0.137. The number of piperidine rings is 1. The molecule has 1 heterocycles. The third-order valence-corrected chi connectivity index (χ3v) is 4.73. The molecule has 0 radical (unpaired) electrons. The molecular formula is C12H18N4O3S. The van der Waals surface area contributed by atoms with Crippen molar-refractivity contribution in [2.75, 3.05) is 17.8 Å². The van der Waals surface area contributed by atoms with Gasteiger partial charge in [0.25, 0.3) is 0 Å². The number of hydrogen-bond acceptors (Lipinski definition) is 4. The number of oxime groups is 1. The lowest BCUT2D eigenvalue weighted by Gasteiger charge is -2.26. The number of hydrogen-bond donors (Lipinski definition) is 3. The number of anilines is 1. The average molecular weight is 298 g/mol. The molecule has 0 aliphatic carbocycles. The molecule has 20 heavy (non-hydrogen) atoms. The Bertz CT molecular complexity index is 594. The number of para-hydroxylation sites is 1. The van der Waals surface area contributed by atoms with E-state index in [1.54, 1.807) is 24.3 Å². The van der Waals surface area contributed by atoms with Gasteiger partial charge in [-0.3, -0.25) is 4.72 Å². The highest BCUT2D eigenvalue weighted by Crippen LogP contribution is 2.20. The third-order valence-electron chi connectivity index (χ3n) is 3.20. The van der Waals surface area contributed by atoms with Gasteiger partial charge in [0, 0.05) is 18.7 Å². The van der Waals surface area contributed by atoms with E-state index in [4.69, 9.17) is 10.9 Å². The highest BCUT2D eigenvalue weighted by Gasteiger charge is 2.24. The molecule has 0 bridgehead atoms. The fraction of sp³-hybridized carbons (Fsp3) is 0.417. The van der Waals surface area contributed by atoms with Crippen LogP contribution in [0.25, 0.3) is 0 Å². The Morgan fingerprint density at radius 3 is 2.55 bits per heavy atom. The van der Waals surface area contributed by atoms with Crippen molar-refractivity contribution in [1.29, 1.82) is 0 Å². The van der Waals surface area contributed by atoms with Gasteiger partial charge in [0.1, 0.15) is 0 Å². The Hall–Kier alpha value is -1.80. The van der Waals surface area contributed by atoms with Gasteiger partial charge in [0.15, 0.2) is 5.84 Å². The Morgan fingerprint density at radius 2 is 1.90 bits per heavy atom. The van der Waals surface area contributed by atoms with Gasteiger partial charge >= 0.3 is 10.2 Å². The predicted octanol–water partition coefficient (Wildman–Crippen LogP) is 0.924. The topological polar surface area (TPSA) is 108 Å². The highest BCUT2D eigenvalue weighted by atomic mass is 32.2. The van der Waals surface area contributed by atoms with Crippen LogP contribution in [0.2, 0.25) is 0 Å². The molecule has 0 unspecified atom stereocenters. The zero-order valence-corrected chi connectivity index (χ0v) is 11.8. The first-order valence-electron chi connectivity index (χ1n) is 6.39. The molecule has 0 amide bonds. The lowest BCUT2D eigenvalue weighted by atomic mass is 10.2. The van der Waals surface area contributed by atoms with E-state index < -0.39 is 10.2 Å². The molecule has 2 rings (SSSR count). The second-order valence-electron chi connectivity index (χ2n) is 4.60. The summed E-state index contributed by atoms with van der Waals surface area (Å²) >= 11 is 0. The largest absolute Gasteiger partial charge is 0.409 e. The first-order valence-corrected chi connectivity index (χ1v) is 7.83. The maximum Gasteiger partial charge on any atom is 0.301 e. The summed E-state index contributed by atoms with van der Waals surface area (Å²) in [5.41, 5.74) is 6.19. The van der Waals surface area contributed by atoms with Crippen molar-refractivity contribution in [3.8, 4) is 0 Å². The zero-order chi connectivity index (χ0) is 14.6. The molecule has 0 saturated carbocycles. The SMILES string of the molecule is N/C(=N/O)c1ccccc1NS(=O)(=O)N1CCCCC1. The van der Waals surface area contributed by atoms with Gasteiger partial charge in [-0.05, 0) is 25.0 Å². The first-order chi connectivity index (χ1) is 9.54. The molecule has 1 aliphatic rings. The molecule has 7 nitrogen and oxygen atoms in total.